The Balaban J connectivity index is 1.42. The number of benzene rings is 2. The van der Waals surface area contributed by atoms with E-state index in [2.05, 4.69) is 10.3 Å². The van der Waals surface area contributed by atoms with Gasteiger partial charge in [0.05, 0.1) is 22.0 Å². The summed E-state index contributed by atoms with van der Waals surface area (Å²) in [4.78, 5) is 17.4. The lowest BCUT2D eigenvalue weighted by Crippen LogP contribution is -2.27. The number of nitrogens with zero attached hydrogens (tertiary/aromatic N) is 3. The van der Waals surface area contributed by atoms with Crippen molar-refractivity contribution in [2.24, 2.45) is 7.05 Å². The number of ether oxygens (including phenoxy) is 2. The fourth-order valence-electron chi connectivity index (χ4n) is 3.78. The zero-order chi connectivity index (χ0) is 23.8. The summed E-state index contributed by atoms with van der Waals surface area (Å²) < 4.78 is 39.0. The number of carbonyl (C=O) groups excluding carboxylic acids is 1. The molecule has 0 spiro atoms. The van der Waals surface area contributed by atoms with Gasteiger partial charge in [-0.15, -0.1) is 0 Å². The smallest absolute Gasteiger partial charge is 0.242 e. The zero-order valence-corrected chi connectivity index (χ0v) is 20.0. The molecule has 1 atom stereocenters. The van der Waals surface area contributed by atoms with Crippen LogP contribution in [0.2, 0.25) is 0 Å². The Kier molecular flexibility index (Phi) is 6.31. The van der Waals surface area contributed by atoms with E-state index in [0.29, 0.717) is 42.5 Å². The van der Waals surface area contributed by atoms with E-state index in [1.165, 1.54) is 18.4 Å². The second-order valence-corrected chi connectivity index (χ2v) is 10.4. The summed E-state index contributed by atoms with van der Waals surface area (Å²) in [5.74, 6) is 2.02. The van der Waals surface area contributed by atoms with Gasteiger partial charge in [-0.05, 0) is 42.8 Å². The van der Waals surface area contributed by atoms with E-state index < -0.39 is 10.0 Å². The first-order chi connectivity index (χ1) is 15.7. The van der Waals surface area contributed by atoms with Crippen molar-refractivity contribution in [2.45, 2.75) is 30.7 Å². The van der Waals surface area contributed by atoms with Crippen molar-refractivity contribution in [3.8, 4) is 11.5 Å². The van der Waals surface area contributed by atoms with E-state index >= 15 is 0 Å². The lowest BCUT2D eigenvalue weighted by molar-refractivity contribution is -0.121. The normalized spacial score (nSPS) is 14.5. The number of hydrogen-bond acceptors (Lipinski definition) is 6. The predicted octanol–water partition coefficient (Wildman–Crippen LogP) is 2.40. The number of nitrogens with one attached hydrogen (secondary N) is 1. The van der Waals surface area contributed by atoms with Crippen molar-refractivity contribution in [2.75, 3.05) is 27.3 Å². The highest BCUT2D eigenvalue weighted by molar-refractivity contribution is 7.89. The summed E-state index contributed by atoms with van der Waals surface area (Å²) in [7, 11) is 1.31. The van der Waals surface area contributed by atoms with Crippen LogP contribution in [0, 0.1) is 0 Å². The molecular weight excluding hydrogens is 444 g/mol. The van der Waals surface area contributed by atoms with Crippen molar-refractivity contribution in [1.29, 1.82) is 0 Å². The van der Waals surface area contributed by atoms with E-state index in [0.717, 1.165) is 11.1 Å². The minimum Gasteiger partial charge on any atom is -0.486 e. The van der Waals surface area contributed by atoms with Crippen LogP contribution >= 0.6 is 0 Å². The molecule has 0 unspecified atom stereocenters. The fraction of sp³-hybridized carbons (Fsp3) is 0.391. The van der Waals surface area contributed by atoms with Crippen LogP contribution in [0.25, 0.3) is 11.0 Å². The van der Waals surface area contributed by atoms with Gasteiger partial charge in [0.2, 0.25) is 15.9 Å². The number of sulfonamides is 1. The number of amides is 1. The van der Waals surface area contributed by atoms with Gasteiger partial charge in [-0.3, -0.25) is 4.79 Å². The topological polar surface area (TPSA) is 103 Å². The Morgan fingerprint density at radius 2 is 1.88 bits per heavy atom. The van der Waals surface area contributed by atoms with E-state index in [4.69, 9.17) is 9.47 Å². The Bertz CT molecular complexity index is 1300. The van der Waals surface area contributed by atoms with Crippen LogP contribution in [0.1, 0.15) is 30.8 Å². The SMILES string of the molecule is C[C@@H](NC(=O)CCc1nc2cc(S(=O)(=O)N(C)C)ccc2n1C)c1ccc2c(c1)OCCO2. The molecule has 33 heavy (non-hydrogen) atoms. The van der Waals surface area contributed by atoms with Crippen molar-refractivity contribution in [1.82, 2.24) is 19.2 Å². The van der Waals surface area contributed by atoms with Crippen LogP contribution in [0.3, 0.4) is 0 Å². The summed E-state index contributed by atoms with van der Waals surface area (Å²) in [5.41, 5.74) is 2.33. The molecular formula is C23H28N4O5S. The van der Waals surface area contributed by atoms with Gasteiger partial charge in [0.25, 0.3) is 0 Å². The average Bonchev–Trinajstić information content (AvgIpc) is 3.12. The Labute approximate surface area is 193 Å². The summed E-state index contributed by atoms with van der Waals surface area (Å²) in [6.45, 7) is 2.97. The molecule has 0 saturated heterocycles. The van der Waals surface area contributed by atoms with Gasteiger partial charge in [0, 0.05) is 34.0 Å². The molecule has 10 heteroatoms. The van der Waals surface area contributed by atoms with Gasteiger partial charge in [-0.1, -0.05) is 6.07 Å². The standard InChI is InChI=1S/C23H28N4O5S/c1-15(16-5-8-20-21(13-16)32-12-11-31-20)24-23(28)10-9-22-25-18-14-17(33(29,30)26(2)3)6-7-19(18)27(22)4/h5-8,13-15H,9-12H2,1-4H3,(H,24,28)/t15-/m1/s1. The maximum Gasteiger partial charge on any atom is 0.242 e. The maximum atomic E-state index is 12.6. The molecule has 0 bridgehead atoms. The van der Waals surface area contributed by atoms with Gasteiger partial charge in [-0.25, -0.2) is 17.7 Å². The van der Waals surface area contributed by atoms with E-state index in [-0.39, 0.29) is 23.3 Å². The summed E-state index contributed by atoms with van der Waals surface area (Å²) >= 11 is 0. The Morgan fingerprint density at radius 3 is 2.61 bits per heavy atom. The Morgan fingerprint density at radius 1 is 1.15 bits per heavy atom. The van der Waals surface area contributed by atoms with E-state index in [1.807, 2.05) is 36.7 Å². The molecule has 0 fully saturated rings. The molecule has 0 aliphatic carbocycles. The Hall–Kier alpha value is -3.11. The largest absolute Gasteiger partial charge is 0.486 e. The minimum atomic E-state index is -3.54. The number of fused-ring (bicyclic) bond motifs is 2. The first kappa shape index (κ1) is 23.1. The third-order valence-corrected chi connectivity index (χ3v) is 7.55. The molecule has 3 aromatic rings. The zero-order valence-electron chi connectivity index (χ0n) is 19.2. The third kappa shape index (κ3) is 4.67. The van der Waals surface area contributed by atoms with Gasteiger partial charge in [0.15, 0.2) is 11.5 Å². The highest BCUT2D eigenvalue weighted by atomic mass is 32.2. The number of carbonyl (C=O) groups is 1. The molecule has 0 radical (unpaired) electrons. The van der Waals surface area contributed by atoms with Crippen LogP contribution in [-0.4, -0.2) is 55.5 Å². The molecule has 1 aliphatic rings. The third-order valence-electron chi connectivity index (χ3n) is 5.74. The van der Waals surface area contributed by atoms with Crippen LogP contribution in [0.15, 0.2) is 41.3 Å². The second-order valence-electron chi connectivity index (χ2n) is 8.22. The molecule has 4 rings (SSSR count). The fourth-order valence-corrected chi connectivity index (χ4v) is 4.70. The van der Waals surface area contributed by atoms with Crippen LogP contribution in [0.5, 0.6) is 11.5 Å². The molecule has 1 amide bonds. The molecule has 2 heterocycles. The lowest BCUT2D eigenvalue weighted by atomic mass is 10.1. The number of aryl methyl sites for hydroxylation is 2. The average molecular weight is 473 g/mol. The second kappa shape index (κ2) is 9.03. The monoisotopic (exact) mass is 472 g/mol. The molecule has 2 aromatic carbocycles. The van der Waals surface area contributed by atoms with Crippen molar-refractivity contribution in [3.05, 3.63) is 47.8 Å². The van der Waals surface area contributed by atoms with Gasteiger partial charge >= 0.3 is 0 Å². The molecule has 1 N–H and O–H groups in total. The van der Waals surface area contributed by atoms with Gasteiger partial charge in [0.1, 0.15) is 19.0 Å². The number of aromatic nitrogens is 2. The predicted molar refractivity (Wildman–Crippen MR) is 124 cm³/mol. The number of hydrogen-bond donors (Lipinski definition) is 1. The molecule has 1 aromatic heterocycles. The lowest BCUT2D eigenvalue weighted by Gasteiger charge is -2.21. The van der Waals surface area contributed by atoms with Crippen LogP contribution in [0.4, 0.5) is 0 Å². The van der Waals surface area contributed by atoms with Crippen molar-refractivity contribution in [3.63, 3.8) is 0 Å². The molecule has 1 aliphatic heterocycles. The van der Waals surface area contributed by atoms with Gasteiger partial charge < -0.3 is 19.4 Å². The minimum absolute atomic E-state index is 0.0969. The highest BCUT2D eigenvalue weighted by Crippen LogP contribution is 2.32. The van der Waals surface area contributed by atoms with Crippen molar-refractivity contribution < 1.29 is 22.7 Å². The molecule has 9 nitrogen and oxygen atoms in total. The quantitative estimate of drug-likeness (QED) is 0.567. The summed E-state index contributed by atoms with van der Waals surface area (Å²) in [6.07, 6.45) is 0.690. The van der Waals surface area contributed by atoms with Crippen LogP contribution < -0.4 is 14.8 Å². The van der Waals surface area contributed by atoms with E-state index in [1.54, 1.807) is 18.2 Å². The summed E-state index contributed by atoms with van der Waals surface area (Å²) in [5, 5.41) is 3.01. The highest BCUT2D eigenvalue weighted by Gasteiger charge is 2.20. The number of rotatable bonds is 7. The van der Waals surface area contributed by atoms with Crippen LogP contribution in [-0.2, 0) is 28.3 Å². The molecule has 0 saturated carbocycles. The maximum absolute atomic E-state index is 12.6. The number of imidazole rings is 1. The van der Waals surface area contributed by atoms with E-state index in [9.17, 15) is 13.2 Å². The van der Waals surface area contributed by atoms with Gasteiger partial charge in [-0.2, -0.15) is 0 Å². The first-order valence-electron chi connectivity index (χ1n) is 10.7. The first-order valence-corrected chi connectivity index (χ1v) is 12.2. The summed E-state index contributed by atoms with van der Waals surface area (Å²) in [6, 6.07) is 10.4. The van der Waals surface area contributed by atoms with Crippen molar-refractivity contribution >= 4 is 27.0 Å². The molecule has 176 valence electrons.